The van der Waals surface area contributed by atoms with E-state index in [-0.39, 0.29) is 48.5 Å². The van der Waals surface area contributed by atoms with E-state index in [0.717, 1.165) is 13.8 Å². The van der Waals surface area contributed by atoms with Crippen LogP contribution >= 0.6 is 0 Å². The molecule has 2 nitrogen and oxygen atoms in total. The van der Waals surface area contributed by atoms with E-state index in [0.29, 0.717) is 0 Å². The zero-order chi connectivity index (χ0) is 38.0. The van der Waals surface area contributed by atoms with Crippen molar-refractivity contribution in [3.05, 3.63) is 57.6 Å². The van der Waals surface area contributed by atoms with Crippen molar-refractivity contribution in [3.63, 3.8) is 0 Å². The Bertz CT molecular complexity index is 1390. The largest absolute Gasteiger partial charge is 0.398 e. The second kappa shape index (κ2) is 12.4. The Kier molecular flexibility index (Phi) is 10.6. The van der Waals surface area contributed by atoms with Crippen LogP contribution in [-0.4, -0.2) is 35.5 Å². The maximum absolute atomic E-state index is 15.0. The summed E-state index contributed by atoms with van der Waals surface area (Å²) in [7, 11) is 0. The minimum absolute atomic E-state index is 0.00700. The first-order valence-electron chi connectivity index (χ1n) is 14.1. The Hall–Kier alpha value is -3.08. The second-order valence-electron chi connectivity index (χ2n) is 11.8. The van der Waals surface area contributed by atoms with Crippen LogP contribution in [-0.2, 0) is 11.8 Å². The average Bonchev–Trinajstić information content (AvgIpc) is 2.97. The molecule has 48 heavy (non-hydrogen) atoms. The molecule has 2 rings (SSSR count). The average molecular weight is 725 g/mol. The fourth-order valence-electron chi connectivity index (χ4n) is 4.81. The van der Waals surface area contributed by atoms with Crippen LogP contribution in [0.3, 0.4) is 0 Å². The minimum Gasteiger partial charge on any atom is -0.398 e. The van der Waals surface area contributed by atoms with E-state index >= 15 is 17.6 Å². The Morgan fingerprint density at radius 1 is 0.458 bits per heavy atom. The number of hydrogen-bond acceptors (Lipinski definition) is 2. The number of anilines is 2. The van der Waals surface area contributed by atoms with Crippen LogP contribution in [0.1, 0.15) is 85.8 Å². The van der Waals surface area contributed by atoms with Gasteiger partial charge in [0.25, 0.3) is 0 Å². The van der Waals surface area contributed by atoms with E-state index in [9.17, 15) is 52.7 Å². The standard InChI is InChI=1S/C30H32F16N2/c1-7-13(3)19-11-17(9-15(5)21(19)47)23(31,32)25(35,36)27(39,40)29(43,44)30(45,46)28(41,42)26(37,38)24(33,34)18-10-16(6)22(48)20(12-18)14(4)8-2/h9-14H,7-8,47-48H2,1-6H3. The lowest BCUT2D eigenvalue weighted by atomic mass is 9.83. The molecule has 0 saturated heterocycles. The molecule has 0 fully saturated rings. The highest BCUT2D eigenvalue weighted by Gasteiger charge is 2.95. The van der Waals surface area contributed by atoms with Crippen LogP contribution < -0.4 is 11.5 Å². The van der Waals surface area contributed by atoms with Crippen molar-refractivity contribution in [2.75, 3.05) is 11.5 Å². The van der Waals surface area contributed by atoms with Crippen LogP contribution in [0.2, 0.25) is 0 Å². The smallest absolute Gasteiger partial charge is 0.385 e. The number of halogens is 16. The highest BCUT2D eigenvalue weighted by atomic mass is 19.4. The molecule has 2 aromatic rings. The van der Waals surface area contributed by atoms with E-state index in [4.69, 9.17) is 11.5 Å². The normalized spacial score (nSPS) is 15.9. The summed E-state index contributed by atoms with van der Waals surface area (Å²) in [4.78, 5) is 0. The summed E-state index contributed by atoms with van der Waals surface area (Å²) in [6.45, 7) is 7.27. The van der Waals surface area contributed by atoms with Gasteiger partial charge in [-0.2, -0.15) is 70.2 Å². The molecule has 2 aromatic carbocycles. The fourth-order valence-corrected chi connectivity index (χ4v) is 4.81. The van der Waals surface area contributed by atoms with Crippen molar-refractivity contribution in [3.8, 4) is 0 Å². The molecule has 0 aliphatic carbocycles. The van der Waals surface area contributed by atoms with E-state index in [1.54, 1.807) is 0 Å². The first kappa shape index (κ1) is 41.1. The molecule has 0 heterocycles. The van der Waals surface area contributed by atoms with Gasteiger partial charge in [-0.1, -0.05) is 27.7 Å². The summed E-state index contributed by atoms with van der Waals surface area (Å²) >= 11 is 0. The van der Waals surface area contributed by atoms with Gasteiger partial charge in [0, 0.05) is 22.5 Å². The van der Waals surface area contributed by atoms with Crippen LogP contribution in [0.15, 0.2) is 24.3 Å². The Morgan fingerprint density at radius 2 is 0.688 bits per heavy atom. The van der Waals surface area contributed by atoms with E-state index in [1.807, 2.05) is 0 Å². The lowest BCUT2D eigenvalue weighted by molar-refractivity contribution is -0.456. The van der Waals surface area contributed by atoms with E-state index in [1.165, 1.54) is 27.7 Å². The molecular formula is C30H32F16N2. The number of nitrogens with two attached hydrogens (primary N) is 2. The third-order valence-corrected chi connectivity index (χ3v) is 8.61. The van der Waals surface area contributed by atoms with Crippen LogP contribution in [0.25, 0.3) is 0 Å². The summed E-state index contributed by atoms with van der Waals surface area (Å²) in [5.41, 5.74) is 4.52. The molecule has 274 valence electrons. The number of aryl methyl sites for hydroxylation is 2. The van der Waals surface area contributed by atoms with Crippen molar-refractivity contribution < 1.29 is 70.2 Å². The third kappa shape index (κ3) is 5.61. The number of benzene rings is 2. The third-order valence-electron chi connectivity index (χ3n) is 8.61. The predicted octanol–water partition coefficient (Wildman–Crippen LogP) is 11.2. The molecule has 0 aliphatic rings. The van der Waals surface area contributed by atoms with Gasteiger partial charge in [-0.3, -0.25) is 0 Å². The molecule has 0 radical (unpaired) electrons. The summed E-state index contributed by atoms with van der Waals surface area (Å²) in [5.74, 6) is -64.0. The van der Waals surface area contributed by atoms with Gasteiger partial charge in [0.15, 0.2) is 0 Å². The van der Waals surface area contributed by atoms with Gasteiger partial charge in [0.05, 0.1) is 0 Å². The zero-order valence-corrected chi connectivity index (χ0v) is 26.1. The van der Waals surface area contributed by atoms with E-state index in [2.05, 4.69) is 0 Å². The molecular weight excluding hydrogens is 692 g/mol. The molecule has 0 saturated carbocycles. The Labute approximate surface area is 264 Å². The molecule has 18 heteroatoms. The van der Waals surface area contributed by atoms with Crippen molar-refractivity contribution in [1.29, 1.82) is 0 Å². The molecule has 0 bridgehead atoms. The van der Waals surface area contributed by atoms with E-state index < -0.39 is 92.6 Å². The molecule has 0 amide bonds. The monoisotopic (exact) mass is 724 g/mol. The zero-order valence-electron chi connectivity index (χ0n) is 26.1. The first-order chi connectivity index (χ1) is 21.3. The van der Waals surface area contributed by atoms with Gasteiger partial charge >= 0.3 is 47.4 Å². The summed E-state index contributed by atoms with van der Waals surface area (Å²) in [6.07, 6.45) is 0.136. The molecule has 4 N–H and O–H groups in total. The van der Waals surface area contributed by atoms with Gasteiger partial charge in [-0.05, 0) is 85.0 Å². The van der Waals surface area contributed by atoms with Gasteiger partial charge < -0.3 is 11.5 Å². The topological polar surface area (TPSA) is 52.0 Å². The number of nitrogen functional groups attached to an aromatic ring is 2. The predicted molar refractivity (Wildman–Crippen MR) is 146 cm³/mol. The first-order valence-corrected chi connectivity index (χ1v) is 14.1. The SMILES string of the molecule is CCC(C)c1cc(C(F)(F)C(F)(F)C(F)(F)C(F)(F)C(F)(F)C(F)(F)C(F)(F)C(F)(F)c2cc(C)c(N)c(C(C)CC)c2)cc(C)c1N. The minimum atomic E-state index is -8.53. The van der Waals surface area contributed by atoms with Crippen molar-refractivity contribution >= 4 is 11.4 Å². The molecule has 0 aliphatic heterocycles. The molecule has 0 spiro atoms. The number of rotatable bonds is 13. The van der Waals surface area contributed by atoms with Crippen LogP contribution in [0.4, 0.5) is 81.6 Å². The molecule has 0 aromatic heterocycles. The lowest BCUT2D eigenvalue weighted by Gasteiger charge is -2.44. The summed E-state index contributed by atoms with van der Waals surface area (Å²) < 4.78 is 237. The fraction of sp³-hybridized carbons (Fsp3) is 0.600. The molecule has 2 unspecified atom stereocenters. The van der Waals surface area contributed by atoms with Crippen LogP contribution in [0, 0.1) is 13.8 Å². The van der Waals surface area contributed by atoms with Gasteiger partial charge in [-0.15, -0.1) is 0 Å². The second-order valence-corrected chi connectivity index (χ2v) is 11.8. The van der Waals surface area contributed by atoms with Gasteiger partial charge in [-0.25, -0.2) is 0 Å². The van der Waals surface area contributed by atoms with Crippen LogP contribution in [0.5, 0.6) is 0 Å². The number of alkyl halides is 16. The summed E-state index contributed by atoms with van der Waals surface area (Å²) in [6, 6.07) is 0.158. The maximum Gasteiger partial charge on any atom is 0.385 e. The molecule has 2 atom stereocenters. The van der Waals surface area contributed by atoms with Crippen molar-refractivity contribution in [2.24, 2.45) is 0 Å². The lowest BCUT2D eigenvalue weighted by Crippen LogP contribution is -2.74. The Balaban J connectivity index is 2.78. The highest BCUT2D eigenvalue weighted by Crippen LogP contribution is 2.66. The van der Waals surface area contributed by atoms with Gasteiger partial charge in [0.1, 0.15) is 0 Å². The quantitative estimate of drug-likeness (QED) is 0.160. The highest BCUT2D eigenvalue weighted by molar-refractivity contribution is 5.58. The van der Waals surface area contributed by atoms with Crippen molar-refractivity contribution in [1.82, 2.24) is 0 Å². The van der Waals surface area contributed by atoms with Crippen molar-refractivity contribution in [2.45, 2.75) is 114 Å². The summed E-state index contributed by atoms with van der Waals surface area (Å²) in [5, 5.41) is 0. The maximum atomic E-state index is 15.0. The number of hydrogen-bond donors (Lipinski definition) is 2. The Morgan fingerprint density at radius 3 is 0.917 bits per heavy atom. The van der Waals surface area contributed by atoms with Gasteiger partial charge in [0.2, 0.25) is 0 Å².